The molecular formula is C12H16BrNO3. The number of aliphatic hydroxyl groups is 1. The number of amides is 1. The summed E-state index contributed by atoms with van der Waals surface area (Å²) in [5.74, 6) is -0.294. The van der Waals surface area contributed by atoms with Gasteiger partial charge < -0.3 is 15.5 Å². The van der Waals surface area contributed by atoms with Crippen molar-refractivity contribution in [3.8, 4) is 5.75 Å². The third-order valence-corrected chi connectivity index (χ3v) is 2.89. The van der Waals surface area contributed by atoms with Crippen LogP contribution in [-0.4, -0.2) is 22.2 Å². The van der Waals surface area contributed by atoms with E-state index in [4.69, 9.17) is 0 Å². The molecule has 0 fully saturated rings. The number of phenols is 1. The van der Waals surface area contributed by atoms with Crippen molar-refractivity contribution in [1.82, 2.24) is 0 Å². The van der Waals surface area contributed by atoms with Gasteiger partial charge in [-0.05, 0) is 24.1 Å². The zero-order valence-corrected chi connectivity index (χ0v) is 11.4. The number of nitrogens with one attached hydrogen (secondary N) is 1. The highest BCUT2D eigenvalue weighted by Gasteiger charge is 2.15. The van der Waals surface area contributed by atoms with Gasteiger partial charge in [0.2, 0.25) is 5.91 Å². The molecule has 0 radical (unpaired) electrons. The maximum absolute atomic E-state index is 11.6. The van der Waals surface area contributed by atoms with E-state index in [1.165, 1.54) is 6.07 Å². The monoisotopic (exact) mass is 301 g/mol. The van der Waals surface area contributed by atoms with Crippen LogP contribution in [0.25, 0.3) is 0 Å². The van der Waals surface area contributed by atoms with E-state index in [1.807, 2.05) is 13.8 Å². The minimum absolute atomic E-state index is 0.000543. The molecule has 1 rings (SSSR count). The van der Waals surface area contributed by atoms with E-state index in [2.05, 4.69) is 21.2 Å². The lowest BCUT2D eigenvalue weighted by Crippen LogP contribution is -2.23. The van der Waals surface area contributed by atoms with Gasteiger partial charge in [0, 0.05) is 4.47 Å². The lowest BCUT2D eigenvalue weighted by molar-refractivity contribution is -0.118. The van der Waals surface area contributed by atoms with E-state index in [0.717, 1.165) is 4.47 Å². The highest BCUT2D eigenvalue weighted by atomic mass is 79.9. The normalized spacial score (nSPS) is 12.5. The molecule has 0 spiro atoms. The SMILES string of the molecule is CC(C)[C@H](O)CC(=O)Nc1cc(Br)ccc1O. The van der Waals surface area contributed by atoms with E-state index in [0.29, 0.717) is 5.69 Å². The largest absolute Gasteiger partial charge is 0.506 e. The highest BCUT2D eigenvalue weighted by Crippen LogP contribution is 2.27. The summed E-state index contributed by atoms with van der Waals surface area (Å²) < 4.78 is 0.759. The van der Waals surface area contributed by atoms with Crippen molar-refractivity contribution < 1.29 is 15.0 Å². The Morgan fingerprint density at radius 2 is 2.12 bits per heavy atom. The molecular weight excluding hydrogens is 286 g/mol. The molecule has 0 aliphatic heterocycles. The third kappa shape index (κ3) is 4.36. The van der Waals surface area contributed by atoms with E-state index in [-0.39, 0.29) is 24.0 Å². The molecule has 17 heavy (non-hydrogen) atoms. The predicted octanol–water partition coefficient (Wildman–Crippen LogP) is 2.50. The van der Waals surface area contributed by atoms with Crippen molar-refractivity contribution in [1.29, 1.82) is 0 Å². The Hall–Kier alpha value is -1.07. The van der Waals surface area contributed by atoms with Crippen LogP contribution in [0.3, 0.4) is 0 Å². The van der Waals surface area contributed by atoms with Crippen LogP contribution in [0.4, 0.5) is 5.69 Å². The van der Waals surface area contributed by atoms with Gasteiger partial charge in [-0.1, -0.05) is 29.8 Å². The summed E-state index contributed by atoms with van der Waals surface area (Å²) in [5, 5.41) is 21.7. The summed E-state index contributed by atoms with van der Waals surface area (Å²) in [7, 11) is 0. The minimum Gasteiger partial charge on any atom is -0.506 e. The minimum atomic E-state index is -0.677. The number of aromatic hydroxyl groups is 1. The van der Waals surface area contributed by atoms with Crippen LogP contribution in [0.5, 0.6) is 5.75 Å². The number of hydrogen-bond donors (Lipinski definition) is 3. The Morgan fingerprint density at radius 3 is 2.71 bits per heavy atom. The number of hydrogen-bond acceptors (Lipinski definition) is 3. The topological polar surface area (TPSA) is 69.6 Å². The van der Waals surface area contributed by atoms with Crippen LogP contribution < -0.4 is 5.32 Å². The van der Waals surface area contributed by atoms with Crippen LogP contribution in [0.15, 0.2) is 22.7 Å². The van der Waals surface area contributed by atoms with Gasteiger partial charge in [0.05, 0.1) is 18.2 Å². The van der Waals surface area contributed by atoms with Crippen molar-refractivity contribution in [3.05, 3.63) is 22.7 Å². The summed E-state index contributed by atoms with van der Waals surface area (Å²) >= 11 is 3.25. The highest BCUT2D eigenvalue weighted by molar-refractivity contribution is 9.10. The first-order valence-corrected chi connectivity index (χ1v) is 6.16. The van der Waals surface area contributed by atoms with E-state index < -0.39 is 6.10 Å². The fraction of sp³-hybridized carbons (Fsp3) is 0.417. The Labute approximate surface area is 109 Å². The molecule has 0 saturated heterocycles. The zero-order valence-electron chi connectivity index (χ0n) is 9.77. The van der Waals surface area contributed by atoms with Gasteiger partial charge in [-0.25, -0.2) is 0 Å². The fourth-order valence-electron chi connectivity index (χ4n) is 1.24. The first-order chi connectivity index (χ1) is 7.90. The van der Waals surface area contributed by atoms with E-state index in [9.17, 15) is 15.0 Å². The van der Waals surface area contributed by atoms with E-state index >= 15 is 0 Å². The van der Waals surface area contributed by atoms with Gasteiger partial charge in [-0.15, -0.1) is 0 Å². The molecule has 0 saturated carbocycles. The lowest BCUT2D eigenvalue weighted by Gasteiger charge is -2.14. The predicted molar refractivity (Wildman–Crippen MR) is 69.9 cm³/mol. The number of benzene rings is 1. The first kappa shape index (κ1) is 14.0. The molecule has 0 aromatic heterocycles. The number of carbonyl (C=O) groups excluding carboxylic acids is 1. The number of halogens is 1. The fourth-order valence-corrected chi connectivity index (χ4v) is 1.60. The Bertz CT molecular complexity index is 407. The second-order valence-corrected chi connectivity index (χ2v) is 5.14. The molecule has 0 aliphatic rings. The summed E-state index contributed by atoms with van der Waals surface area (Å²) in [5.41, 5.74) is 0.334. The number of phenolic OH excluding ortho intramolecular Hbond substituents is 1. The number of carbonyl (C=O) groups is 1. The van der Waals surface area contributed by atoms with Gasteiger partial charge in [0.15, 0.2) is 0 Å². The Balaban J connectivity index is 2.65. The average Bonchev–Trinajstić information content (AvgIpc) is 2.23. The van der Waals surface area contributed by atoms with Crippen molar-refractivity contribution in [2.75, 3.05) is 5.32 Å². The summed E-state index contributed by atoms with van der Waals surface area (Å²) in [4.78, 5) is 11.6. The van der Waals surface area contributed by atoms with E-state index in [1.54, 1.807) is 12.1 Å². The molecule has 1 aromatic rings. The van der Waals surface area contributed by atoms with Gasteiger partial charge in [-0.3, -0.25) is 4.79 Å². The Kier molecular flexibility index (Phi) is 4.96. The molecule has 0 unspecified atom stereocenters. The van der Waals surface area contributed by atoms with Crippen molar-refractivity contribution >= 4 is 27.5 Å². The van der Waals surface area contributed by atoms with Gasteiger partial charge >= 0.3 is 0 Å². The quantitative estimate of drug-likeness (QED) is 0.748. The van der Waals surface area contributed by atoms with Crippen molar-refractivity contribution in [2.45, 2.75) is 26.4 Å². The second-order valence-electron chi connectivity index (χ2n) is 4.23. The molecule has 0 aliphatic carbocycles. The molecule has 0 heterocycles. The molecule has 3 N–H and O–H groups in total. The molecule has 0 bridgehead atoms. The summed E-state index contributed by atoms with van der Waals surface area (Å²) in [6, 6.07) is 4.77. The zero-order chi connectivity index (χ0) is 13.0. The standard InChI is InChI=1S/C12H16BrNO3/c1-7(2)11(16)6-12(17)14-9-5-8(13)3-4-10(9)15/h3-5,7,11,15-16H,6H2,1-2H3,(H,14,17)/t11-/m1/s1. The van der Waals surface area contributed by atoms with Crippen LogP contribution in [0.2, 0.25) is 0 Å². The third-order valence-electron chi connectivity index (χ3n) is 2.40. The van der Waals surface area contributed by atoms with Crippen LogP contribution >= 0.6 is 15.9 Å². The van der Waals surface area contributed by atoms with Crippen LogP contribution in [0.1, 0.15) is 20.3 Å². The van der Waals surface area contributed by atoms with Crippen molar-refractivity contribution in [3.63, 3.8) is 0 Å². The van der Waals surface area contributed by atoms with Gasteiger partial charge in [-0.2, -0.15) is 0 Å². The van der Waals surface area contributed by atoms with Crippen LogP contribution in [-0.2, 0) is 4.79 Å². The molecule has 1 amide bonds. The number of aliphatic hydroxyl groups excluding tert-OH is 1. The Morgan fingerprint density at radius 1 is 1.47 bits per heavy atom. The number of rotatable bonds is 4. The summed E-state index contributed by atoms with van der Waals surface area (Å²) in [6.45, 7) is 3.68. The molecule has 4 nitrogen and oxygen atoms in total. The van der Waals surface area contributed by atoms with Gasteiger partial charge in [0.25, 0.3) is 0 Å². The second kappa shape index (κ2) is 6.02. The average molecular weight is 302 g/mol. The maximum atomic E-state index is 11.6. The molecule has 1 atom stereocenters. The van der Waals surface area contributed by atoms with Gasteiger partial charge in [0.1, 0.15) is 5.75 Å². The molecule has 94 valence electrons. The first-order valence-electron chi connectivity index (χ1n) is 5.36. The van der Waals surface area contributed by atoms with Crippen LogP contribution in [0, 0.1) is 5.92 Å². The summed E-state index contributed by atoms with van der Waals surface area (Å²) in [6.07, 6.45) is -0.659. The smallest absolute Gasteiger partial charge is 0.227 e. The molecule has 1 aromatic carbocycles. The maximum Gasteiger partial charge on any atom is 0.227 e. The van der Waals surface area contributed by atoms with Crippen molar-refractivity contribution in [2.24, 2.45) is 5.92 Å². The lowest BCUT2D eigenvalue weighted by atomic mass is 10.0. The number of anilines is 1. The molecule has 5 heteroatoms.